The summed E-state index contributed by atoms with van der Waals surface area (Å²) < 4.78 is 0. The minimum absolute atomic E-state index is 0.819. The lowest BCUT2D eigenvalue weighted by Crippen LogP contribution is -1.83. The Kier molecular flexibility index (Phi) is 37.2. The van der Waals surface area contributed by atoms with E-state index in [1.54, 1.807) is 0 Å². The van der Waals surface area contributed by atoms with Gasteiger partial charge in [-0.15, -0.1) is 0 Å². The molecule has 0 nitrogen and oxygen atoms in total. The summed E-state index contributed by atoms with van der Waals surface area (Å²) in [5.74, 6) is 1.74. The van der Waals surface area contributed by atoms with E-state index in [-0.39, 0.29) is 0 Å². The molecule has 2 rings (SSSR count). The smallest absolute Gasteiger partial charge is 0.0234 e. The first-order valence-corrected chi connectivity index (χ1v) is 11.6. The molecule has 0 radical (unpaired) electrons. The van der Waals surface area contributed by atoms with Gasteiger partial charge in [-0.2, -0.15) is 0 Å². The third-order valence-corrected chi connectivity index (χ3v) is 3.46. The maximum Gasteiger partial charge on any atom is -0.0234 e. The topological polar surface area (TPSA) is 0 Å². The van der Waals surface area contributed by atoms with Crippen molar-refractivity contribution in [1.29, 1.82) is 0 Å². The zero-order chi connectivity index (χ0) is 21.4. The molecule has 0 spiro atoms. The van der Waals surface area contributed by atoms with Crippen molar-refractivity contribution in [2.24, 2.45) is 11.8 Å². The van der Waals surface area contributed by atoms with Crippen molar-refractivity contribution in [3.63, 3.8) is 0 Å². The Balaban J connectivity index is -0.000000119. The van der Waals surface area contributed by atoms with E-state index in [1.165, 1.54) is 75.4 Å². The molecule has 160 valence electrons. The molecule has 2 atom stereocenters. The molecule has 0 heteroatoms. The number of hydrogen-bond acceptors (Lipinski definition) is 0. The van der Waals surface area contributed by atoms with E-state index in [1.807, 2.05) is 0 Å². The third kappa shape index (κ3) is 34.7. The number of allylic oxidation sites excluding steroid dienone is 2. The molecule has 2 aliphatic rings. The molecule has 0 aromatic carbocycles. The zero-order valence-corrected chi connectivity index (χ0v) is 20.6. The highest BCUT2D eigenvalue weighted by Gasteiger charge is 2.12. The molecule has 2 aliphatic carbocycles. The van der Waals surface area contributed by atoms with Crippen LogP contribution in [-0.2, 0) is 0 Å². The minimum Gasteiger partial charge on any atom is -0.0999 e. The zero-order valence-electron chi connectivity index (χ0n) is 20.6. The monoisotopic (exact) mass is 368 g/mol. The van der Waals surface area contributed by atoms with Gasteiger partial charge in [0, 0.05) is 0 Å². The van der Waals surface area contributed by atoms with E-state index in [2.05, 4.69) is 82.4 Å². The second kappa shape index (κ2) is 29.3. The lowest BCUT2D eigenvalue weighted by molar-refractivity contribution is 0.620. The van der Waals surface area contributed by atoms with Crippen LogP contribution < -0.4 is 0 Å². The Morgan fingerprint density at radius 1 is 0.692 bits per heavy atom. The Bertz CT molecular complexity index is 253. The van der Waals surface area contributed by atoms with Crippen molar-refractivity contribution < 1.29 is 0 Å². The fourth-order valence-corrected chi connectivity index (χ4v) is 2.23. The van der Waals surface area contributed by atoms with E-state index >= 15 is 0 Å². The quantitative estimate of drug-likeness (QED) is 0.373. The van der Waals surface area contributed by atoms with Crippen molar-refractivity contribution in [2.75, 3.05) is 0 Å². The van der Waals surface area contributed by atoms with Crippen molar-refractivity contribution in [1.82, 2.24) is 0 Å². The van der Waals surface area contributed by atoms with Crippen molar-refractivity contribution >= 4 is 0 Å². The van der Waals surface area contributed by atoms with E-state index in [0.717, 1.165) is 11.8 Å². The lowest BCUT2D eigenvalue weighted by atomic mass is 10.1. The molecule has 2 fully saturated rings. The summed E-state index contributed by atoms with van der Waals surface area (Å²) >= 11 is 0. The first-order chi connectivity index (χ1) is 12.2. The van der Waals surface area contributed by atoms with Crippen LogP contribution in [0.1, 0.15) is 133 Å². The molecule has 0 N–H and O–H groups in total. The van der Waals surface area contributed by atoms with E-state index in [0.29, 0.717) is 0 Å². The summed E-state index contributed by atoms with van der Waals surface area (Å²) in [4.78, 5) is 0. The van der Waals surface area contributed by atoms with Gasteiger partial charge in [-0.25, -0.2) is 0 Å². The van der Waals surface area contributed by atoms with Crippen LogP contribution in [-0.4, -0.2) is 0 Å². The normalized spacial score (nSPS) is 19.8. The summed E-state index contributed by atoms with van der Waals surface area (Å²) in [6.45, 7) is 29.4. The van der Waals surface area contributed by atoms with Crippen LogP contribution in [0.5, 0.6) is 0 Å². The van der Waals surface area contributed by atoms with Crippen molar-refractivity contribution in [2.45, 2.75) is 133 Å². The molecule has 0 aliphatic heterocycles. The van der Waals surface area contributed by atoms with Crippen LogP contribution in [0.4, 0.5) is 0 Å². The van der Waals surface area contributed by atoms with Crippen LogP contribution in [0.3, 0.4) is 0 Å². The average molecular weight is 369 g/mol. The van der Waals surface area contributed by atoms with Gasteiger partial charge in [0.1, 0.15) is 0 Å². The molecular weight excluding hydrogens is 312 g/mol. The molecule has 0 amide bonds. The van der Waals surface area contributed by atoms with Gasteiger partial charge in [0.15, 0.2) is 0 Å². The van der Waals surface area contributed by atoms with Crippen LogP contribution in [0.2, 0.25) is 0 Å². The molecular formula is C26H56. The lowest BCUT2D eigenvalue weighted by Gasteiger charge is -1.97. The summed E-state index contributed by atoms with van der Waals surface area (Å²) in [6.07, 6.45) is 13.0. The Morgan fingerprint density at radius 2 is 1.08 bits per heavy atom. The molecule has 0 heterocycles. The fourth-order valence-electron chi connectivity index (χ4n) is 2.23. The molecule has 2 saturated carbocycles. The summed E-state index contributed by atoms with van der Waals surface area (Å²) in [5.41, 5.74) is 2.91. The van der Waals surface area contributed by atoms with Crippen LogP contribution in [0.15, 0.2) is 24.3 Å². The Morgan fingerprint density at radius 3 is 1.15 bits per heavy atom. The fraction of sp³-hybridized carbons (Fsp3) is 0.846. The van der Waals surface area contributed by atoms with Gasteiger partial charge < -0.3 is 0 Å². The SMILES string of the molecule is C=C1CCC(C)C1.C=C1CCCC1C.CCC.CCC.CCC.CCC. The predicted molar refractivity (Wildman–Crippen MR) is 128 cm³/mol. The largest absolute Gasteiger partial charge is 0.0999 e. The van der Waals surface area contributed by atoms with Crippen LogP contribution in [0.25, 0.3) is 0 Å². The van der Waals surface area contributed by atoms with Gasteiger partial charge in [-0.05, 0) is 50.4 Å². The minimum atomic E-state index is 0.819. The van der Waals surface area contributed by atoms with E-state index in [9.17, 15) is 0 Å². The first-order valence-electron chi connectivity index (χ1n) is 11.6. The molecule has 0 bridgehead atoms. The molecule has 26 heavy (non-hydrogen) atoms. The standard InChI is InChI=1S/2C7H12.4C3H8/c1-6-3-4-7(2)5-6;1-6-4-3-5-7(6)2;4*1-3-2/h2*7H,1,3-5H2,2H3;4*3H2,1-2H3. The van der Waals surface area contributed by atoms with Gasteiger partial charge >= 0.3 is 0 Å². The van der Waals surface area contributed by atoms with Gasteiger partial charge in [-0.3, -0.25) is 0 Å². The van der Waals surface area contributed by atoms with Crippen LogP contribution >= 0.6 is 0 Å². The third-order valence-electron chi connectivity index (χ3n) is 3.46. The van der Waals surface area contributed by atoms with E-state index < -0.39 is 0 Å². The highest BCUT2D eigenvalue weighted by molar-refractivity contribution is 5.03. The number of hydrogen-bond donors (Lipinski definition) is 0. The maximum atomic E-state index is 3.94. The van der Waals surface area contributed by atoms with E-state index in [4.69, 9.17) is 0 Å². The second-order valence-electron chi connectivity index (χ2n) is 7.88. The van der Waals surface area contributed by atoms with Crippen molar-refractivity contribution in [3.05, 3.63) is 24.3 Å². The molecule has 0 saturated heterocycles. The summed E-state index contributed by atoms with van der Waals surface area (Å²) in [6, 6.07) is 0. The first kappa shape index (κ1) is 33.1. The van der Waals surface area contributed by atoms with Gasteiger partial charge in [-0.1, -0.05) is 119 Å². The maximum absolute atomic E-state index is 3.94. The highest BCUT2D eigenvalue weighted by Crippen LogP contribution is 2.28. The van der Waals surface area contributed by atoms with Crippen LogP contribution in [0, 0.1) is 11.8 Å². The summed E-state index contributed by atoms with van der Waals surface area (Å²) in [5, 5.41) is 0. The molecule has 0 aromatic rings. The highest BCUT2D eigenvalue weighted by atomic mass is 14.2. The Hall–Kier alpha value is -0.520. The second-order valence-corrected chi connectivity index (χ2v) is 7.88. The molecule has 2 unspecified atom stereocenters. The predicted octanol–water partition coefficient (Wildman–Crippen LogP) is 10.4. The van der Waals surface area contributed by atoms with Gasteiger partial charge in [0.05, 0.1) is 0 Å². The van der Waals surface area contributed by atoms with Gasteiger partial charge in [0.2, 0.25) is 0 Å². The number of rotatable bonds is 0. The summed E-state index contributed by atoms with van der Waals surface area (Å²) in [7, 11) is 0. The van der Waals surface area contributed by atoms with Gasteiger partial charge in [0.25, 0.3) is 0 Å². The molecule has 0 aromatic heterocycles. The average Bonchev–Trinajstić information content (AvgIpc) is 3.11. The Labute approximate surface area is 170 Å². The van der Waals surface area contributed by atoms with Crippen molar-refractivity contribution in [3.8, 4) is 0 Å².